The van der Waals surface area contributed by atoms with Crippen LogP contribution in [0.5, 0.6) is 0 Å². The maximum atomic E-state index is 9.59. The molecule has 2 nitrogen and oxygen atoms in total. The molecule has 0 bridgehead atoms. The smallest absolute Gasteiger partial charge is 0.0124 e. The van der Waals surface area contributed by atoms with Gasteiger partial charge in [0, 0.05) is 0 Å². The lowest BCUT2D eigenvalue weighted by Gasteiger charge is -2.10. The Balaban J connectivity index is 0. The van der Waals surface area contributed by atoms with Crippen LogP contribution >= 0.6 is 6.49 Å². The minimum Gasteiger partial charge on any atom is -0.801 e. The Morgan fingerprint density at radius 2 is 1.83 bits per heavy atom. The van der Waals surface area contributed by atoms with Gasteiger partial charge >= 0.3 is 0 Å². The van der Waals surface area contributed by atoms with Gasteiger partial charge in [-0.05, 0) is 13.2 Å². The van der Waals surface area contributed by atoms with Crippen LogP contribution in [0.1, 0.15) is 7.43 Å². The van der Waals surface area contributed by atoms with Gasteiger partial charge in [-0.1, -0.05) is 19.2 Å². The number of hydrogen-bond donors (Lipinski definition) is 1. The Morgan fingerprint density at radius 3 is 1.83 bits per heavy atom. The van der Waals surface area contributed by atoms with Crippen LogP contribution in [-0.2, 0) is 11.8 Å². The molecule has 0 aromatic rings. The molecule has 4 heteroatoms. The van der Waals surface area contributed by atoms with Crippen molar-refractivity contribution in [2.75, 3.05) is 6.66 Å². The van der Waals surface area contributed by atoms with Crippen LogP contribution in [0.2, 0.25) is 0 Å². The minimum absolute atomic E-state index is 0. The predicted molar refractivity (Wildman–Crippen MR) is 29.2 cm³/mol. The zero-order valence-electron chi connectivity index (χ0n) is 2.71. The van der Waals surface area contributed by atoms with Gasteiger partial charge in [-0.2, -0.15) is 0 Å². The quantitative estimate of drug-likeness (QED) is 0.462. The van der Waals surface area contributed by atoms with Crippen LogP contribution < -0.4 is 4.89 Å². The molecule has 40 valence electrons. The summed E-state index contributed by atoms with van der Waals surface area (Å²) >= 11 is 3.94. The first kappa shape index (κ1) is 9.76. The van der Waals surface area contributed by atoms with Gasteiger partial charge in [0.15, 0.2) is 0 Å². The molecule has 0 spiro atoms. The summed E-state index contributed by atoms with van der Waals surface area (Å²) in [5.41, 5.74) is 0. The van der Waals surface area contributed by atoms with Crippen molar-refractivity contribution in [3.8, 4) is 0 Å². The fourth-order valence-electron chi connectivity index (χ4n) is 0. The number of hydrogen-bond acceptors (Lipinski definition) is 2. The van der Waals surface area contributed by atoms with Gasteiger partial charge in [0.2, 0.25) is 0 Å². The van der Waals surface area contributed by atoms with Gasteiger partial charge in [0.05, 0.1) is 0 Å². The third kappa shape index (κ3) is 179. The number of rotatable bonds is 0. The molecule has 0 radical (unpaired) electrons. The molecule has 6 heavy (non-hydrogen) atoms. The van der Waals surface area contributed by atoms with Crippen molar-refractivity contribution in [1.82, 2.24) is 0 Å². The highest BCUT2D eigenvalue weighted by Gasteiger charge is 1.72. The van der Waals surface area contributed by atoms with E-state index in [0.29, 0.717) is 0 Å². The van der Waals surface area contributed by atoms with Gasteiger partial charge in [-0.25, -0.2) is 0 Å². The topological polar surface area (TPSA) is 43.3 Å². The fraction of sp³-hybridized carbons (Fsp3) is 1.00. The van der Waals surface area contributed by atoms with E-state index in [-0.39, 0.29) is 7.43 Å². The second-order valence-electron chi connectivity index (χ2n) is 0.803. The average Bonchev–Trinajstić information content (AvgIpc) is 0.722. The molecule has 0 aliphatic carbocycles. The van der Waals surface area contributed by atoms with Crippen molar-refractivity contribution in [3.05, 3.63) is 0 Å². The molecular formula is C2H8O2PS-. The molecule has 0 saturated heterocycles. The Hall–Kier alpha value is 0.570. The van der Waals surface area contributed by atoms with Crippen molar-refractivity contribution in [2.45, 2.75) is 7.43 Å². The molecule has 0 aromatic heterocycles. The molecule has 0 fully saturated rings. The van der Waals surface area contributed by atoms with Crippen molar-refractivity contribution in [3.63, 3.8) is 0 Å². The van der Waals surface area contributed by atoms with Crippen LogP contribution in [0.3, 0.4) is 0 Å². The standard InChI is InChI=1S/CH5O2PS.CH4/c1-4(2,3)5;/h1H3,(H2,2,3,5);1H4/p-1. The Morgan fingerprint density at radius 1 is 1.83 bits per heavy atom. The van der Waals surface area contributed by atoms with E-state index in [1.54, 1.807) is 0 Å². The zero-order valence-corrected chi connectivity index (χ0v) is 4.42. The summed E-state index contributed by atoms with van der Waals surface area (Å²) in [5.74, 6) is 0. The molecule has 1 N–H and O–H groups in total. The maximum Gasteiger partial charge on any atom is -0.0124 e. The average molecular weight is 127 g/mol. The van der Waals surface area contributed by atoms with Gasteiger partial charge in [0.1, 0.15) is 0 Å². The van der Waals surface area contributed by atoms with Crippen molar-refractivity contribution < 1.29 is 9.79 Å². The zero-order chi connectivity index (χ0) is 4.50. The van der Waals surface area contributed by atoms with Crippen LogP contribution in [0.4, 0.5) is 0 Å². The molecule has 0 heterocycles. The minimum atomic E-state index is -3.06. The van der Waals surface area contributed by atoms with Gasteiger partial charge < -0.3 is 9.79 Å². The highest BCUT2D eigenvalue weighted by molar-refractivity contribution is 8.07. The molecule has 0 rings (SSSR count). The molecule has 0 saturated carbocycles. The van der Waals surface area contributed by atoms with E-state index in [2.05, 4.69) is 11.8 Å². The summed E-state index contributed by atoms with van der Waals surface area (Å²) in [6, 6.07) is 0. The van der Waals surface area contributed by atoms with E-state index in [1.165, 1.54) is 0 Å². The molecule has 0 aromatic carbocycles. The van der Waals surface area contributed by atoms with E-state index < -0.39 is 6.49 Å². The summed E-state index contributed by atoms with van der Waals surface area (Å²) in [5, 5.41) is 0. The Labute approximate surface area is 43.0 Å². The summed E-state index contributed by atoms with van der Waals surface area (Å²) in [6.07, 6.45) is 0. The van der Waals surface area contributed by atoms with Crippen molar-refractivity contribution in [1.29, 1.82) is 0 Å². The van der Waals surface area contributed by atoms with E-state index in [4.69, 9.17) is 4.89 Å². The van der Waals surface area contributed by atoms with E-state index in [9.17, 15) is 4.89 Å². The SMILES string of the molecule is C.CP([O-])(O)=S. The van der Waals surface area contributed by atoms with Gasteiger partial charge in [-0.15, -0.1) is 0 Å². The maximum absolute atomic E-state index is 9.59. The first-order valence-corrected chi connectivity index (χ1v) is 4.13. The molecule has 0 amide bonds. The normalized spacial score (nSPS) is 17.8. The van der Waals surface area contributed by atoms with E-state index >= 15 is 0 Å². The van der Waals surface area contributed by atoms with Crippen LogP contribution in [0.25, 0.3) is 0 Å². The second kappa shape index (κ2) is 2.69. The van der Waals surface area contributed by atoms with Gasteiger partial charge in [0.25, 0.3) is 0 Å². The molecule has 1 atom stereocenters. The van der Waals surface area contributed by atoms with Crippen LogP contribution in [-0.4, -0.2) is 11.6 Å². The lowest BCUT2D eigenvalue weighted by Crippen LogP contribution is -1.93. The van der Waals surface area contributed by atoms with Crippen molar-refractivity contribution >= 4 is 18.3 Å². The largest absolute Gasteiger partial charge is 0.801 e. The third-order valence-corrected chi connectivity index (χ3v) is 0. The highest BCUT2D eigenvalue weighted by atomic mass is 32.5. The van der Waals surface area contributed by atoms with E-state index in [0.717, 1.165) is 6.66 Å². The fourth-order valence-corrected chi connectivity index (χ4v) is 0. The summed E-state index contributed by atoms with van der Waals surface area (Å²) < 4.78 is 0. The molecule has 0 aliphatic heterocycles. The van der Waals surface area contributed by atoms with E-state index in [1.807, 2.05) is 0 Å². The van der Waals surface area contributed by atoms with Crippen molar-refractivity contribution in [2.24, 2.45) is 0 Å². The lowest BCUT2D eigenvalue weighted by atomic mass is 12.0. The summed E-state index contributed by atoms with van der Waals surface area (Å²) in [6.45, 7) is -1.94. The molecule has 1 unspecified atom stereocenters. The van der Waals surface area contributed by atoms with Crippen LogP contribution in [0.15, 0.2) is 0 Å². The monoisotopic (exact) mass is 127 g/mol. The Bertz CT molecular complexity index is 57.7. The molecular weight excluding hydrogens is 119 g/mol. The highest BCUT2D eigenvalue weighted by Crippen LogP contribution is 2.20. The lowest BCUT2D eigenvalue weighted by molar-refractivity contribution is -0.175. The summed E-state index contributed by atoms with van der Waals surface area (Å²) in [7, 11) is 0. The molecule has 0 aliphatic rings. The first-order chi connectivity index (χ1) is 2.00. The second-order valence-corrected chi connectivity index (χ2v) is 4.44. The summed E-state index contributed by atoms with van der Waals surface area (Å²) in [4.78, 5) is 17.5. The first-order valence-electron chi connectivity index (χ1n) is 1.01. The third-order valence-electron chi connectivity index (χ3n) is 0. The predicted octanol–water partition coefficient (Wildman–Crippen LogP) is -0.0856. The van der Waals surface area contributed by atoms with Crippen LogP contribution in [0, 0.1) is 0 Å². The van der Waals surface area contributed by atoms with Gasteiger partial charge in [-0.3, -0.25) is 0 Å². The Kier molecular flexibility index (Phi) is 4.38.